The number of benzene rings is 1. The largest absolute Gasteiger partial charge is 0.486 e. The van der Waals surface area contributed by atoms with E-state index in [1.165, 1.54) is 24.1 Å². The second-order valence-electron chi connectivity index (χ2n) is 9.21. The summed E-state index contributed by atoms with van der Waals surface area (Å²) in [6.07, 6.45) is 5.87. The van der Waals surface area contributed by atoms with Gasteiger partial charge in [-0.15, -0.1) is 0 Å². The van der Waals surface area contributed by atoms with Gasteiger partial charge < -0.3 is 19.3 Å². The molecule has 1 aromatic carbocycles. The summed E-state index contributed by atoms with van der Waals surface area (Å²) in [4.78, 5) is 16.4. The van der Waals surface area contributed by atoms with Crippen LogP contribution in [0.4, 0.5) is 0 Å². The lowest BCUT2D eigenvalue weighted by Crippen LogP contribution is -2.16. The number of aromatic nitrogens is 3. The van der Waals surface area contributed by atoms with E-state index in [9.17, 15) is 9.90 Å². The Morgan fingerprint density at radius 1 is 1.09 bits per heavy atom. The third-order valence-corrected chi connectivity index (χ3v) is 6.65. The van der Waals surface area contributed by atoms with Crippen molar-refractivity contribution in [2.75, 3.05) is 19.8 Å². The number of carboxylic acids is 1. The first-order chi connectivity index (χ1) is 17.0. The van der Waals surface area contributed by atoms with Gasteiger partial charge in [-0.3, -0.25) is 9.78 Å². The van der Waals surface area contributed by atoms with Crippen LogP contribution in [0.2, 0.25) is 0 Å². The van der Waals surface area contributed by atoms with Gasteiger partial charge in [0.15, 0.2) is 11.5 Å². The Bertz CT molecular complexity index is 1210. The van der Waals surface area contributed by atoms with E-state index in [1.807, 2.05) is 31.3 Å². The summed E-state index contributed by atoms with van der Waals surface area (Å²) in [5.41, 5.74) is 5.35. The van der Waals surface area contributed by atoms with E-state index in [2.05, 4.69) is 17.2 Å². The lowest BCUT2D eigenvalue weighted by atomic mass is 9.91. The van der Waals surface area contributed by atoms with Crippen molar-refractivity contribution in [3.05, 3.63) is 64.6 Å². The number of aliphatic carboxylic acids is 1. The molecular formula is C27H31N3O5. The van der Waals surface area contributed by atoms with Crippen LogP contribution in [-0.4, -0.2) is 45.7 Å². The molecule has 0 bridgehead atoms. The van der Waals surface area contributed by atoms with Gasteiger partial charge in [0.05, 0.1) is 18.7 Å². The molecule has 8 nitrogen and oxygen atoms in total. The maximum absolute atomic E-state index is 11.6. The highest BCUT2D eigenvalue weighted by Crippen LogP contribution is 2.35. The SMILES string of the molecule is Cn1nc(CC(CC(=O)O)c2ccc3c(c2)OCCO3)cc1OCCc1ccc2c(n1)CCCC2. The fourth-order valence-corrected chi connectivity index (χ4v) is 4.85. The molecule has 2 aromatic heterocycles. The Morgan fingerprint density at radius 2 is 1.91 bits per heavy atom. The van der Waals surface area contributed by atoms with E-state index in [0.717, 1.165) is 36.2 Å². The van der Waals surface area contributed by atoms with E-state index in [0.29, 0.717) is 43.6 Å². The Balaban J connectivity index is 1.24. The van der Waals surface area contributed by atoms with Crippen LogP contribution in [-0.2, 0) is 37.5 Å². The zero-order valence-corrected chi connectivity index (χ0v) is 20.0. The molecule has 1 N–H and O–H groups in total. The van der Waals surface area contributed by atoms with Gasteiger partial charge in [0.1, 0.15) is 13.2 Å². The van der Waals surface area contributed by atoms with Crippen LogP contribution in [0.3, 0.4) is 0 Å². The zero-order chi connectivity index (χ0) is 24.2. The number of rotatable bonds is 9. The normalized spacial score (nSPS) is 15.3. The Kier molecular flexibility index (Phi) is 6.88. The van der Waals surface area contributed by atoms with Gasteiger partial charge in [0, 0.05) is 36.8 Å². The third kappa shape index (κ3) is 5.58. The van der Waals surface area contributed by atoms with Gasteiger partial charge in [0.25, 0.3) is 0 Å². The van der Waals surface area contributed by atoms with Crippen LogP contribution in [0.1, 0.15) is 53.4 Å². The molecule has 3 heterocycles. The summed E-state index contributed by atoms with van der Waals surface area (Å²) in [6.45, 7) is 1.51. The third-order valence-electron chi connectivity index (χ3n) is 6.65. The molecule has 3 aromatic rings. The predicted octanol–water partition coefficient (Wildman–Crippen LogP) is 3.89. The van der Waals surface area contributed by atoms with Crippen molar-refractivity contribution in [1.29, 1.82) is 0 Å². The molecule has 8 heteroatoms. The van der Waals surface area contributed by atoms with Crippen molar-refractivity contribution in [2.24, 2.45) is 7.05 Å². The fraction of sp³-hybridized carbons (Fsp3) is 0.444. The molecule has 5 rings (SSSR count). The number of hydrogen-bond donors (Lipinski definition) is 1. The molecule has 1 aliphatic heterocycles. The summed E-state index contributed by atoms with van der Waals surface area (Å²) in [6, 6.07) is 11.8. The predicted molar refractivity (Wildman–Crippen MR) is 129 cm³/mol. The molecule has 184 valence electrons. The Labute approximate surface area is 204 Å². The average Bonchev–Trinajstić information content (AvgIpc) is 3.21. The second-order valence-corrected chi connectivity index (χ2v) is 9.21. The highest BCUT2D eigenvalue weighted by molar-refractivity contribution is 5.68. The van der Waals surface area contributed by atoms with Crippen molar-refractivity contribution < 1.29 is 24.1 Å². The molecule has 1 aliphatic carbocycles. The molecule has 0 fully saturated rings. The number of pyridine rings is 1. The van der Waals surface area contributed by atoms with Gasteiger partial charge in [-0.05, 0) is 61.4 Å². The van der Waals surface area contributed by atoms with E-state index in [-0.39, 0.29) is 12.3 Å². The van der Waals surface area contributed by atoms with Crippen molar-refractivity contribution in [3.8, 4) is 17.4 Å². The topological polar surface area (TPSA) is 95.7 Å². The maximum Gasteiger partial charge on any atom is 0.303 e. The summed E-state index contributed by atoms with van der Waals surface area (Å²) in [5.74, 6) is 0.913. The van der Waals surface area contributed by atoms with Crippen molar-refractivity contribution >= 4 is 5.97 Å². The minimum absolute atomic E-state index is 0.00356. The average molecular weight is 478 g/mol. The number of aryl methyl sites for hydroxylation is 3. The van der Waals surface area contributed by atoms with E-state index >= 15 is 0 Å². The lowest BCUT2D eigenvalue weighted by Gasteiger charge is -2.21. The fourth-order valence-electron chi connectivity index (χ4n) is 4.85. The van der Waals surface area contributed by atoms with Gasteiger partial charge in [0.2, 0.25) is 5.88 Å². The van der Waals surface area contributed by atoms with Crippen molar-refractivity contribution in [3.63, 3.8) is 0 Å². The summed E-state index contributed by atoms with van der Waals surface area (Å²) >= 11 is 0. The highest BCUT2D eigenvalue weighted by Gasteiger charge is 2.22. The summed E-state index contributed by atoms with van der Waals surface area (Å²) in [5, 5.41) is 14.1. The molecule has 1 unspecified atom stereocenters. The minimum atomic E-state index is -0.852. The van der Waals surface area contributed by atoms with Crippen LogP contribution in [0.15, 0.2) is 36.4 Å². The van der Waals surface area contributed by atoms with Gasteiger partial charge in [-0.1, -0.05) is 12.1 Å². The van der Waals surface area contributed by atoms with Crippen molar-refractivity contribution in [2.45, 2.75) is 50.9 Å². The molecular weight excluding hydrogens is 446 g/mol. The first kappa shape index (κ1) is 23.2. The number of carboxylic acid groups (broad SMARTS) is 1. The van der Waals surface area contributed by atoms with Crippen LogP contribution in [0.25, 0.3) is 0 Å². The monoisotopic (exact) mass is 477 g/mol. The van der Waals surface area contributed by atoms with Crippen LogP contribution >= 0.6 is 0 Å². The van der Waals surface area contributed by atoms with E-state index in [1.54, 1.807) is 4.68 Å². The number of nitrogens with zero attached hydrogens (tertiary/aromatic N) is 3. The standard InChI is InChI=1S/C27H31N3O5/c1-30-26(35-11-10-21-8-6-18-4-2-3-5-23(18)28-21)17-22(29-30)14-20(16-27(31)32)19-7-9-24-25(15-19)34-13-12-33-24/h6-9,15,17,20H,2-5,10-14,16H2,1H3,(H,31,32). The highest BCUT2D eigenvalue weighted by atomic mass is 16.6. The molecule has 0 amide bonds. The first-order valence-electron chi connectivity index (χ1n) is 12.3. The van der Waals surface area contributed by atoms with E-state index < -0.39 is 5.97 Å². The van der Waals surface area contributed by atoms with Gasteiger partial charge >= 0.3 is 5.97 Å². The maximum atomic E-state index is 11.6. The number of fused-ring (bicyclic) bond motifs is 2. The van der Waals surface area contributed by atoms with Gasteiger partial charge in [-0.2, -0.15) is 5.10 Å². The zero-order valence-electron chi connectivity index (χ0n) is 20.0. The van der Waals surface area contributed by atoms with Gasteiger partial charge in [-0.25, -0.2) is 4.68 Å². The smallest absolute Gasteiger partial charge is 0.303 e. The quantitative estimate of drug-likeness (QED) is 0.500. The molecule has 0 spiro atoms. The van der Waals surface area contributed by atoms with Crippen LogP contribution in [0.5, 0.6) is 17.4 Å². The number of hydrogen-bond acceptors (Lipinski definition) is 6. The molecule has 0 radical (unpaired) electrons. The number of ether oxygens (including phenoxy) is 3. The molecule has 2 aliphatic rings. The Hall–Kier alpha value is -3.55. The molecule has 0 saturated heterocycles. The van der Waals surface area contributed by atoms with Crippen LogP contribution < -0.4 is 14.2 Å². The molecule has 35 heavy (non-hydrogen) atoms. The van der Waals surface area contributed by atoms with Crippen LogP contribution in [0, 0.1) is 0 Å². The minimum Gasteiger partial charge on any atom is -0.486 e. The second kappa shape index (κ2) is 10.4. The van der Waals surface area contributed by atoms with Crippen molar-refractivity contribution in [1.82, 2.24) is 14.8 Å². The first-order valence-corrected chi connectivity index (χ1v) is 12.3. The summed E-state index contributed by atoms with van der Waals surface area (Å²) < 4.78 is 19.0. The Morgan fingerprint density at radius 3 is 2.77 bits per heavy atom. The van der Waals surface area contributed by atoms with E-state index in [4.69, 9.17) is 19.2 Å². The molecule has 0 saturated carbocycles. The number of carbonyl (C=O) groups is 1. The summed E-state index contributed by atoms with van der Waals surface area (Å²) in [7, 11) is 1.84. The molecule has 1 atom stereocenters. The lowest BCUT2D eigenvalue weighted by molar-refractivity contribution is -0.137.